The first-order valence-corrected chi connectivity index (χ1v) is 14.6. The highest BCUT2D eigenvalue weighted by atomic mass is 32.2. The first-order valence-electron chi connectivity index (χ1n) is 12.8. The average molecular weight is 549 g/mol. The summed E-state index contributed by atoms with van der Waals surface area (Å²) < 4.78 is 0. The summed E-state index contributed by atoms with van der Waals surface area (Å²) in [5.41, 5.74) is 1.58. The zero-order chi connectivity index (χ0) is 27.1. The van der Waals surface area contributed by atoms with Crippen molar-refractivity contribution in [1.82, 2.24) is 19.8 Å². The van der Waals surface area contributed by atoms with Crippen LogP contribution in [0.15, 0.2) is 71.7 Å². The molecule has 38 heavy (non-hydrogen) atoms. The van der Waals surface area contributed by atoms with Crippen LogP contribution in [0.5, 0.6) is 0 Å². The van der Waals surface area contributed by atoms with E-state index in [4.69, 9.17) is 0 Å². The lowest BCUT2D eigenvalue weighted by Gasteiger charge is -2.31. The van der Waals surface area contributed by atoms with E-state index in [1.165, 1.54) is 23.1 Å². The molecular weight excluding hydrogens is 516 g/mol. The van der Waals surface area contributed by atoms with Gasteiger partial charge >= 0.3 is 0 Å². The molecule has 198 valence electrons. The van der Waals surface area contributed by atoms with Gasteiger partial charge in [0, 0.05) is 48.4 Å². The Morgan fingerprint density at radius 1 is 1.18 bits per heavy atom. The number of amides is 2. The second-order valence-electron chi connectivity index (χ2n) is 9.09. The van der Waals surface area contributed by atoms with Crippen LogP contribution < -0.4 is 0 Å². The summed E-state index contributed by atoms with van der Waals surface area (Å²) >= 11 is 2.98. The SMILES string of the molecule is C=CCSc1ncccc1C(=O)N1CCC(c2nc(C(=O)N(CC)C(C)C(=O)c3ccccc3)cs2)CC1. The summed E-state index contributed by atoms with van der Waals surface area (Å²) in [6.45, 7) is 9.03. The van der Waals surface area contributed by atoms with Crippen LogP contribution in [-0.4, -0.2) is 68.8 Å². The number of Topliss-reactive ketones (excluding diaryl/α,β-unsaturated/α-hetero) is 1. The Kier molecular flexibility index (Phi) is 9.47. The van der Waals surface area contributed by atoms with E-state index < -0.39 is 6.04 Å². The molecule has 1 atom stereocenters. The summed E-state index contributed by atoms with van der Waals surface area (Å²) in [4.78, 5) is 52.0. The molecule has 0 radical (unpaired) electrons. The van der Waals surface area contributed by atoms with Crippen LogP contribution in [0.2, 0.25) is 0 Å². The van der Waals surface area contributed by atoms with E-state index in [1.807, 2.05) is 36.1 Å². The van der Waals surface area contributed by atoms with Gasteiger partial charge in [-0.1, -0.05) is 36.4 Å². The zero-order valence-electron chi connectivity index (χ0n) is 21.7. The van der Waals surface area contributed by atoms with E-state index in [0.717, 1.165) is 22.9 Å². The lowest BCUT2D eigenvalue weighted by molar-refractivity contribution is 0.0633. The highest BCUT2D eigenvalue weighted by molar-refractivity contribution is 7.99. The maximum Gasteiger partial charge on any atom is 0.273 e. The highest BCUT2D eigenvalue weighted by Crippen LogP contribution is 2.32. The van der Waals surface area contributed by atoms with Crippen LogP contribution in [-0.2, 0) is 0 Å². The molecule has 1 unspecified atom stereocenters. The van der Waals surface area contributed by atoms with Gasteiger partial charge in [0.25, 0.3) is 11.8 Å². The molecule has 0 saturated carbocycles. The molecule has 1 saturated heterocycles. The van der Waals surface area contributed by atoms with Crippen LogP contribution in [0.3, 0.4) is 0 Å². The molecule has 0 spiro atoms. The summed E-state index contributed by atoms with van der Waals surface area (Å²) in [6, 6.07) is 12.1. The molecule has 0 aliphatic carbocycles. The molecule has 4 rings (SSSR count). The Morgan fingerprint density at radius 2 is 1.92 bits per heavy atom. The van der Waals surface area contributed by atoms with E-state index in [0.29, 0.717) is 42.2 Å². The number of likely N-dealkylation sites (N-methyl/N-ethyl adjacent to an activating group) is 1. The smallest absolute Gasteiger partial charge is 0.273 e. The second kappa shape index (κ2) is 13.0. The number of pyridine rings is 1. The first kappa shape index (κ1) is 27.7. The predicted molar refractivity (Wildman–Crippen MR) is 152 cm³/mol. The molecule has 9 heteroatoms. The number of thioether (sulfide) groups is 1. The number of ketones is 1. The Labute approximate surface area is 232 Å². The third kappa shape index (κ3) is 6.22. The van der Waals surface area contributed by atoms with Gasteiger partial charge in [-0.15, -0.1) is 29.7 Å². The Balaban J connectivity index is 1.38. The third-order valence-electron chi connectivity index (χ3n) is 6.72. The fourth-order valence-electron chi connectivity index (χ4n) is 4.61. The molecule has 2 amide bonds. The number of carbonyl (C=O) groups is 3. The normalized spacial score (nSPS) is 14.6. The van der Waals surface area contributed by atoms with Gasteiger partial charge in [0.15, 0.2) is 5.78 Å². The maximum absolute atomic E-state index is 13.3. The van der Waals surface area contributed by atoms with Crippen molar-refractivity contribution in [3.63, 3.8) is 0 Å². The Hall–Kier alpha value is -3.30. The number of benzene rings is 1. The number of carbonyl (C=O) groups excluding carboxylic acids is 3. The largest absolute Gasteiger partial charge is 0.339 e. The molecule has 1 aliphatic rings. The number of likely N-dealkylation sites (tertiary alicyclic amines) is 1. The van der Waals surface area contributed by atoms with Gasteiger partial charge in [-0.25, -0.2) is 9.97 Å². The van der Waals surface area contributed by atoms with Gasteiger partial charge in [-0.3, -0.25) is 14.4 Å². The number of hydrogen-bond acceptors (Lipinski definition) is 7. The molecule has 1 aromatic carbocycles. The predicted octanol–water partition coefficient (Wildman–Crippen LogP) is 5.57. The van der Waals surface area contributed by atoms with Crippen LogP contribution in [0.25, 0.3) is 0 Å². The average Bonchev–Trinajstić information content (AvgIpc) is 3.47. The highest BCUT2D eigenvalue weighted by Gasteiger charge is 2.31. The number of piperidine rings is 1. The topological polar surface area (TPSA) is 83.5 Å². The number of thiazole rings is 1. The van der Waals surface area contributed by atoms with Crippen LogP contribution in [0.1, 0.15) is 68.8 Å². The van der Waals surface area contributed by atoms with E-state index in [9.17, 15) is 14.4 Å². The quantitative estimate of drug-likeness (QED) is 0.187. The van der Waals surface area contributed by atoms with Crippen molar-refractivity contribution in [1.29, 1.82) is 0 Å². The minimum atomic E-state index is -0.587. The van der Waals surface area contributed by atoms with Crippen molar-refractivity contribution in [2.75, 3.05) is 25.4 Å². The third-order valence-corrected chi connectivity index (χ3v) is 8.73. The van der Waals surface area contributed by atoms with Gasteiger partial charge in [0.05, 0.1) is 16.6 Å². The number of rotatable bonds is 10. The van der Waals surface area contributed by atoms with E-state index in [2.05, 4.69) is 16.5 Å². The first-order chi connectivity index (χ1) is 18.4. The minimum Gasteiger partial charge on any atom is -0.339 e. The summed E-state index contributed by atoms with van der Waals surface area (Å²) in [5.74, 6) is 0.550. The Morgan fingerprint density at radius 3 is 2.61 bits per heavy atom. The number of hydrogen-bond donors (Lipinski definition) is 0. The molecule has 3 aromatic rings. The molecular formula is C29H32N4O3S2. The lowest BCUT2D eigenvalue weighted by atomic mass is 9.97. The van der Waals surface area contributed by atoms with Crippen molar-refractivity contribution in [3.8, 4) is 0 Å². The Bertz CT molecular complexity index is 1290. The van der Waals surface area contributed by atoms with Crippen molar-refractivity contribution < 1.29 is 14.4 Å². The van der Waals surface area contributed by atoms with E-state index in [1.54, 1.807) is 47.7 Å². The van der Waals surface area contributed by atoms with Crippen molar-refractivity contribution >= 4 is 40.7 Å². The van der Waals surface area contributed by atoms with Crippen LogP contribution in [0, 0.1) is 0 Å². The van der Waals surface area contributed by atoms with Crippen LogP contribution >= 0.6 is 23.1 Å². The molecule has 1 aliphatic heterocycles. The van der Waals surface area contributed by atoms with Crippen molar-refractivity contribution in [2.45, 2.75) is 43.7 Å². The standard InChI is InChI=1S/C29H32N4O3S2/c1-4-18-37-27-23(12-9-15-30-27)28(35)32-16-13-22(14-17-32)26-31-24(19-38-26)29(36)33(5-2)20(3)25(34)21-10-7-6-8-11-21/h4,6-12,15,19-20,22H,1,5,13-14,16-18H2,2-3H3. The summed E-state index contributed by atoms with van der Waals surface area (Å²) in [5, 5.41) is 3.42. The molecule has 1 fully saturated rings. The van der Waals surface area contributed by atoms with Crippen molar-refractivity contribution in [2.24, 2.45) is 0 Å². The summed E-state index contributed by atoms with van der Waals surface area (Å²) in [7, 11) is 0. The fraction of sp³-hybridized carbons (Fsp3) is 0.345. The minimum absolute atomic E-state index is 0.00576. The fourth-order valence-corrected chi connectivity index (χ4v) is 6.29. The van der Waals surface area contributed by atoms with Crippen LogP contribution in [0.4, 0.5) is 0 Å². The maximum atomic E-state index is 13.3. The van der Waals surface area contributed by atoms with Gasteiger partial charge in [-0.2, -0.15) is 0 Å². The van der Waals surface area contributed by atoms with Gasteiger partial charge in [0.1, 0.15) is 10.7 Å². The van der Waals surface area contributed by atoms with Gasteiger partial charge in [-0.05, 0) is 38.8 Å². The molecule has 2 aromatic heterocycles. The van der Waals surface area contributed by atoms with Crippen molar-refractivity contribution in [3.05, 3.63) is 88.5 Å². The second-order valence-corrected chi connectivity index (χ2v) is 11.0. The molecule has 0 bridgehead atoms. The molecule has 3 heterocycles. The zero-order valence-corrected chi connectivity index (χ0v) is 23.3. The lowest BCUT2D eigenvalue weighted by Crippen LogP contribution is -2.43. The monoisotopic (exact) mass is 548 g/mol. The summed E-state index contributed by atoms with van der Waals surface area (Å²) in [6.07, 6.45) is 5.06. The van der Waals surface area contributed by atoms with Gasteiger partial charge in [0.2, 0.25) is 0 Å². The van der Waals surface area contributed by atoms with E-state index >= 15 is 0 Å². The number of nitrogens with zero attached hydrogens (tertiary/aromatic N) is 4. The van der Waals surface area contributed by atoms with Gasteiger partial charge < -0.3 is 9.80 Å². The van der Waals surface area contributed by atoms with E-state index in [-0.39, 0.29) is 23.5 Å². The number of aromatic nitrogens is 2. The molecule has 0 N–H and O–H groups in total. The molecule has 7 nitrogen and oxygen atoms in total.